The molecule has 33 heavy (non-hydrogen) atoms. The van der Waals surface area contributed by atoms with Crippen molar-refractivity contribution in [3.05, 3.63) is 77.0 Å². The van der Waals surface area contributed by atoms with Crippen molar-refractivity contribution < 1.29 is 27.8 Å². The van der Waals surface area contributed by atoms with Crippen LogP contribution in [0.25, 0.3) is 11.3 Å². The number of halogens is 3. The number of aliphatic carboxylic acids is 1. The van der Waals surface area contributed by atoms with E-state index in [9.17, 15) is 18.0 Å². The van der Waals surface area contributed by atoms with Crippen LogP contribution >= 0.6 is 11.8 Å². The third-order valence-corrected chi connectivity index (χ3v) is 6.53. The highest BCUT2D eigenvalue weighted by Gasteiger charge is 2.30. The lowest BCUT2D eigenvalue weighted by molar-refractivity contribution is -0.139. The Hall–Kier alpha value is -3.00. The molecular weight excluding hydrogens is 451 g/mol. The molecule has 4 nitrogen and oxygen atoms in total. The summed E-state index contributed by atoms with van der Waals surface area (Å²) >= 11 is 1.67. The zero-order valence-electron chi connectivity index (χ0n) is 18.4. The average molecular weight is 476 g/mol. The first kappa shape index (κ1) is 24.6. The van der Waals surface area contributed by atoms with Crippen LogP contribution in [0.4, 0.5) is 13.2 Å². The average Bonchev–Trinajstić information content (AvgIpc) is 2.76. The molecule has 1 heterocycles. The fraction of sp³-hybridized carbons (Fsp3) is 0.280. The van der Waals surface area contributed by atoms with Gasteiger partial charge in [-0.15, -0.1) is 11.8 Å². The van der Waals surface area contributed by atoms with E-state index in [0.717, 1.165) is 40.3 Å². The molecule has 0 saturated heterocycles. The maximum atomic E-state index is 12.8. The number of thioether (sulfide) groups is 1. The van der Waals surface area contributed by atoms with Gasteiger partial charge in [0.1, 0.15) is 5.75 Å². The summed E-state index contributed by atoms with van der Waals surface area (Å²) in [5, 5.41) is 8.91. The molecule has 0 fully saturated rings. The minimum absolute atomic E-state index is 0.129. The third-order valence-electron chi connectivity index (χ3n) is 5.13. The lowest BCUT2D eigenvalue weighted by Crippen LogP contribution is -2.10. The molecule has 3 aromatic rings. The summed E-state index contributed by atoms with van der Waals surface area (Å²) in [7, 11) is 0. The van der Waals surface area contributed by atoms with Crippen LogP contribution in [0.5, 0.6) is 5.75 Å². The van der Waals surface area contributed by atoms with Gasteiger partial charge in [-0.05, 0) is 67.8 Å². The zero-order valence-corrected chi connectivity index (χ0v) is 19.3. The van der Waals surface area contributed by atoms with Crippen molar-refractivity contribution in [1.82, 2.24) is 4.98 Å². The Morgan fingerprint density at radius 3 is 2.33 bits per heavy atom. The lowest BCUT2D eigenvalue weighted by Gasteiger charge is -2.18. The largest absolute Gasteiger partial charge is 0.482 e. The van der Waals surface area contributed by atoms with Gasteiger partial charge < -0.3 is 9.84 Å². The molecule has 174 valence electrons. The molecule has 0 bridgehead atoms. The van der Waals surface area contributed by atoms with Crippen molar-refractivity contribution >= 4 is 17.7 Å². The molecule has 0 aliphatic carbocycles. The number of aryl methyl sites for hydroxylation is 2. The summed E-state index contributed by atoms with van der Waals surface area (Å²) in [6.07, 6.45) is -3.51. The third kappa shape index (κ3) is 6.28. The van der Waals surface area contributed by atoms with Gasteiger partial charge in [0.15, 0.2) is 6.61 Å². The highest BCUT2D eigenvalue weighted by Crippen LogP contribution is 2.40. The fourth-order valence-corrected chi connectivity index (χ4v) is 4.69. The van der Waals surface area contributed by atoms with Crippen molar-refractivity contribution in [2.24, 2.45) is 0 Å². The van der Waals surface area contributed by atoms with Crippen molar-refractivity contribution in [1.29, 1.82) is 0 Å². The second-order valence-electron chi connectivity index (χ2n) is 7.57. The molecule has 2 aromatic carbocycles. The standard InChI is InChI=1S/C25H24F3NO3S/c1-4-23(33-19-9-12-22(15(2)13-19)32-14-24(30)31)20-10-11-21(29-16(20)3)17-5-7-18(8-6-17)25(26,27)28/h5-13,23H,4,14H2,1-3H3,(H,30,31). The molecule has 0 aliphatic rings. The number of hydrogen-bond donors (Lipinski definition) is 1. The molecule has 8 heteroatoms. The van der Waals surface area contributed by atoms with Gasteiger partial charge in [-0.1, -0.05) is 25.1 Å². The molecule has 1 unspecified atom stereocenters. The summed E-state index contributed by atoms with van der Waals surface area (Å²) < 4.78 is 43.7. The number of nitrogens with zero attached hydrogens (tertiary/aromatic N) is 1. The molecule has 1 atom stereocenters. The number of carboxylic acids is 1. The van der Waals surface area contributed by atoms with E-state index < -0.39 is 17.7 Å². The van der Waals surface area contributed by atoms with Gasteiger partial charge in [-0.2, -0.15) is 13.2 Å². The molecule has 0 radical (unpaired) electrons. The van der Waals surface area contributed by atoms with Crippen LogP contribution in [0.1, 0.15) is 41.0 Å². The number of benzene rings is 2. The predicted molar refractivity (Wildman–Crippen MR) is 123 cm³/mol. The number of hydrogen-bond acceptors (Lipinski definition) is 4. The fourth-order valence-electron chi connectivity index (χ4n) is 3.43. The Balaban J connectivity index is 1.78. The first-order chi connectivity index (χ1) is 15.6. The van der Waals surface area contributed by atoms with Crippen LogP contribution in [0.2, 0.25) is 0 Å². The monoisotopic (exact) mass is 475 g/mol. The molecule has 1 aromatic heterocycles. The Labute approximate surface area is 194 Å². The SMILES string of the molecule is CCC(Sc1ccc(OCC(=O)O)c(C)c1)c1ccc(-c2ccc(C(F)(F)F)cc2)nc1C. The van der Waals surface area contributed by atoms with Crippen LogP contribution in [0.3, 0.4) is 0 Å². The smallest absolute Gasteiger partial charge is 0.416 e. The molecule has 0 saturated carbocycles. The summed E-state index contributed by atoms with van der Waals surface area (Å²) in [4.78, 5) is 16.4. The number of ether oxygens (including phenoxy) is 1. The summed E-state index contributed by atoms with van der Waals surface area (Å²) in [6, 6.07) is 14.5. The number of rotatable bonds is 8. The normalized spacial score (nSPS) is 12.4. The molecule has 0 amide bonds. The number of carbonyl (C=O) groups is 1. The molecular formula is C25H24F3NO3S. The topological polar surface area (TPSA) is 59.4 Å². The molecule has 3 rings (SSSR count). The second-order valence-corrected chi connectivity index (χ2v) is 8.85. The van der Waals surface area contributed by atoms with Gasteiger partial charge in [0.2, 0.25) is 0 Å². The Kier molecular flexibility index (Phi) is 7.68. The zero-order chi connectivity index (χ0) is 24.2. The molecule has 1 N–H and O–H groups in total. The van der Waals surface area contributed by atoms with Gasteiger partial charge in [0, 0.05) is 21.4 Å². The van der Waals surface area contributed by atoms with Crippen LogP contribution in [0, 0.1) is 13.8 Å². The molecule has 0 aliphatic heterocycles. The van der Waals surface area contributed by atoms with E-state index in [1.165, 1.54) is 12.1 Å². The maximum absolute atomic E-state index is 12.8. The van der Waals surface area contributed by atoms with Crippen LogP contribution in [-0.4, -0.2) is 22.7 Å². The highest BCUT2D eigenvalue weighted by molar-refractivity contribution is 7.99. The molecule has 0 spiro atoms. The van der Waals surface area contributed by atoms with Gasteiger partial charge in [-0.3, -0.25) is 4.98 Å². The van der Waals surface area contributed by atoms with Gasteiger partial charge in [0.05, 0.1) is 11.3 Å². The number of carboxylic acid groups (broad SMARTS) is 1. The van der Waals surface area contributed by atoms with Crippen molar-refractivity contribution in [2.45, 2.75) is 43.5 Å². The van der Waals surface area contributed by atoms with Crippen LogP contribution < -0.4 is 4.74 Å². The van der Waals surface area contributed by atoms with E-state index in [2.05, 4.69) is 11.9 Å². The van der Waals surface area contributed by atoms with Gasteiger partial charge in [0.25, 0.3) is 0 Å². The number of aromatic nitrogens is 1. The van der Waals surface area contributed by atoms with E-state index in [0.29, 0.717) is 17.0 Å². The van der Waals surface area contributed by atoms with Crippen molar-refractivity contribution in [2.75, 3.05) is 6.61 Å². The maximum Gasteiger partial charge on any atom is 0.416 e. The van der Waals surface area contributed by atoms with Gasteiger partial charge >= 0.3 is 12.1 Å². The van der Waals surface area contributed by atoms with E-state index in [4.69, 9.17) is 9.84 Å². The second kappa shape index (κ2) is 10.3. The van der Waals surface area contributed by atoms with E-state index in [1.54, 1.807) is 17.8 Å². The van der Waals surface area contributed by atoms with Crippen LogP contribution in [-0.2, 0) is 11.0 Å². The van der Waals surface area contributed by atoms with Crippen molar-refractivity contribution in [3.63, 3.8) is 0 Å². The number of alkyl halides is 3. The Bertz CT molecular complexity index is 1130. The minimum atomic E-state index is -4.36. The van der Waals surface area contributed by atoms with E-state index in [1.807, 2.05) is 38.1 Å². The van der Waals surface area contributed by atoms with E-state index >= 15 is 0 Å². The van der Waals surface area contributed by atoms with Gasteiger partial charge in [-0.25, -0.2) is 4.79 Å². The minimum Gasteiger partial charge on any atom is -0.482 e. The Morgan fingerprint density at radius 2 is 1.79 bits per heavy atom. The summed E-state index contributed by atoms with van der Waals surface area (Å²) in [5.74, 6) is -0.491. The van der Waals surface area contributed by atoms with Crippen LogP contribution in [0.15, 0.2) is 59.5 Å². The Morgan fingerprint density at radius 1 is 1.09 bits per heavy atom. The first-order valence-electron chi connectivity index (χ1n) is 10.4. The van der Waals surface area contributed by atoms with E-state index in [-0.39, 0.29) is 11.9 Å². The first-order valence-corrected chi connectivity index (χ1v) is 11.2. The number of pyridine rings is 1. The van der Waals surface area contributed by atoms with Crippen molar-refractivity contribution in [3.8, 4) is 17.0 Å². The summed E-state index contributed by atoms with van der Waals surface area (Å²) in [6.45, 7) is 5.47. The predicted octanol–water partition coefficient (Wildman–Crippen LogP) is 7.09. The highest BCUT2D eigenvalue weighted by atomic mass is 32.2. The lowest BCUT2D eigenvalue weighted by atomic mass is 10.0. The quantitative estimate of drug-likeness (QED) is 0.353. The summed E-state index contributed by atoms with van der Waals surface area (Å²) in [5.41, 5.74) is 3.30.